The second-order valence-corrected chi connectivity index (χ2v) is 4.89. The molecule has 1 atom stereocenters. The summed E-state index contributed by atoms with van der Waals surface area (Å²) in [5, 5.41) is 3.18. The molecule has 0 aliphatic rings. The molecule has 17 heavy (non-hydrogen) atoms. The minimum atomic E-state index is -0.310. The van der Waals surface area contributed by atoms with E-state index in [9.17, 15) is 4.79 Å². The topological polar surface area (TPSA) is 72.9 Å². The first kappa shape index (κ1) is 13.7. The molecule has 5 heteroatoms. The Kier molecular flexibility index (Phi) is 4.69. The molecular formula is C12H22N4O. The van der Waals surface area contributed by atoms with E-state index in [1.807, 2.05) is 20.0 Å². The lowest BCUT2D eigenvalue weighted by molar-refractivity contribution is -0.121. The van der Waals surface area contributed by atoms with Gasteiger partial charge >= 0.3 is 0 Å². The van der Waals surface area contributed by atoms with Gasteiger partial charge in [0.1, 0.15) is 0 Å². The van der Waals surface area contributed by atoms with Crippen molar-refractivity contribution in [1.29, 1.82) is 0 Å². The summed E-state index contributed by atoms with van der Waals surface area (Å²) in [6.45, 7) is 8.74. The number of carbonyl (C=O) groups excluding carboxylic acids is 1. The van der Waals surface area contributed by atoms with Gasteiger partial charge in [-0.2, -0.15) is 0 Å². The highest BCUT2D eigenvalue weighted by atomic mass is 16.1. The van der Waals surface area contributed by atoms with Crippen LogP contribution in [0.15, 0.2) is 12.5 Å². The fourth-order valence-corrected chi connectivity index (χ4v) is 1.81. The molecule has 1 aromatic rings. The highest BCUT2D eigenvalue weighted by molar-refractivity contribution is 5.80. The normalized spacial score (nSPS) is 13.3. The Labute approximate surface area is 102 Å². The van der Waals surface area contributed by atoms with E-state index < -0.39 is 0 Å². The maximum Gasteiger partial charge on any atom is 0.234 e. The van der Waals surface area contributed by atoms with Crippen LogP contribution in [0.3, 0.4) is 0 Å². The molecule has 0 aliphatic heterocycles. The van der Waals surface area contributed by atoms with Crippen LogP contribution in [-0.4, -0.2) is 21.5 Å². The number of hydrogen-bond acceptors (Lipinski definition) is 3. The standard InChI is InChI=1S/C12H22N4O/c1-8(2)11(12(13)17)15-6-10-5-14-7-16(10)9(3)4/h5,7-9,11,15H,6H2,1-4H3,(H2,13,17). The molecular weight excluding hydrogens is 216 g/mol. The van der Waals surface area contributed by atoms with E-state index in [2.05, 4.69) is 28.7 Å². The molecule has 96 valence electrons. The Bertz CT molecular complexity index is 370. The van der Waals surface area contributed by atoms with Crippen molar-refractivity contribution < 1.29 is 4.79 Å². The second kappa shape index (κ2) is 5.82. The smallest absolute Gasteiger partial charge is 0.234 e. The average Bonchev–Trinajstić information content (AvgIpc) is 2.64. The summed E-state index contributed by atoms with van der Waals surface area (Å²) in [7, 11) is 0. The van der Waals surface area contributed by atoms with Gasteiger partial charge in [0, 0.05) is 18.8 Å². The molecule has 5 nitrogen and oxygen atoms in total. The lowest BCUT2D eigenvalue weighted by Crippen LogP contribution is -2.44. The fraction of sp³-hybridized carbons (Fsp3) is 0.667. The highest BCUT2D eigenvalue weighted by Crippen LogP contribution is 2.09. The summed E-state index contributed by atoms with van der Waals surface area (Å²) in [4.78, 5) is 15.4. The van der Waals surface area contributed by atoms with Crippen LogP contribution in [0.2, 0.25) is 0 Å². The third-order valence-electron chi connectivity index (χ3n) is 2.78. The Hall–Kier alpha value is -1.36. The van der Waals surface area contributed by atoms with Gasteiger partial charge in [-0.05, 0) is 19.8 Å². The van der Waals surface area contributed by atoms with Crippen LogP contribution in [0.4, 0.5) is 0 Å². The average molecular weight is 238 g/mol. The van der Waals surface area contributed by atoms with Crippen LogP contribution >= 0.6 is 0 Å². The van der Waals surface area contributed by atoms with Crippen molar-refractivity contribution in [1.82, 2.24) is 14.9 Å². The molecule has 1 heterocycles. The molecule has 1 amide bonds. The number of amides is 1. The number of rotatable bonds is 6. The zero-order valence-electron chi connectivity index (χ0n) is 11.0. The van der Waals surface area contributed by atoms with E-state index in [0.717, 1.165) is 5.69 Å². The van der Waals surface area contributed by atoms with Gasteiger partial charge in [0.05, 0.1) is 18.1 Å². The Morgan fingerprint density at radius 2 is 2.12 bits per heavy atom. The molecule has 0 radical (unpaired) electrons. The second-order valence-electron chi connectivity index (χ2n) is 4.89. The first-order valence-electron chi connectivity index (χ1n) is 5.97. The Morgan fingerprint density at radius 1 is 1.47 bits per heavy atom. The summed E-state index contributed by atoms with van der Waals surface area (Å²) < 4.78 is 2.07. The molecule has 0 saturated heterocycles. The Morgan fingerprint density at radius 3 is 2.59 bits per heavy atom. The van der Waals surface area contributed by atoms with E-state index in [1.54, 1.807) is 6.33 Å². The van der Waals surface area contributed by atoms with Gasteiger partial charge in [-0.3, -0.25) is 10.1 Å². The summed E-state index contributed by atoms with van der Waals surface area (Å²) in [6.07, 6.45) is 3.61. The third kappa shape index (κ3) is 3.56. The van der Waals surface area contributed by atoms with Gasteiger partial charge in [0.25, 0.3) is 0 Å². The van der Waals surface area contributed by atoms with Crippen molar-refractivity contribution >= 4 is 5.91 Å². The number of carbonyl (C=O) groups is 1. The first-order chi connectivity index (χ1) is 7.93. The van der Waals surface area contributed by atoms with Crippen LogP contribution in [-0.2, 0) is 11.3 Å². The summed E-state index contributed by atoms with van der Waals surface area (Å²) >= 11 is 0. The summed E-state index contributed by atoms with van der Waals surface area (Å²) in [6, 6.07) is 0.0610. The molecule has 1 aromatic heterocycles. The molecule has 1 unspecified atom stereocenters. The SMILES string of the molecule is CC(C)C(NCc1cncn1C(C)C)C(N)=O. The lowest BCUT2D eigenvalue weighted by Gasteiger charge is -2.20. The molecule has 3 N–H and O–H groups in total. The van der Waals surface area contributed by atoms with E-state index in [0.29, 0.717) is 12.6 Å². The number of nitrogens with two attached hydrogens (primary N) is 1. The minimum Gasteiger partial charge on any atom is -0.368 e. The van der Waals surface area contributed by atoms with E-state index in [4.69, 9.17) is 5.73 Å². The van der Waals surface area contributed by atoms with Crippen LogP contribution in [0.5, 0.6) is 0 Å². The van der Waals surface area contributed by atoms with Crippen molar-refractivity contribution in [2.75, 3.05) is 0 Å². The number of primary amides is 1. The summed E-state index contributed by atoms with van der Waals surface area (Å²) in [5.74, 6) is -0.126. The number of nitrogens with zero attached hydrogens (tertiary/aromatic N) is 2. The van der Waals surface area contributed by atoms with Gasteiger partial charge in [0.2, 0.25) is 5.91 Å². The molecule has 1 rings (SSSR count). The van der Waals surface area contributed by atoms with E-state index in [1.165, 1.54) is 0 Å². The zero-order valence-corrected chi connectivity index (χ0v) is 11.0. The monoisotopic (exact) mass is 238 g/mol. The highest BCUT2D eigenvalue weighted by Gasteiger charge is 2.19. The number of nitrogens with one attached hydrogen (secondary N) is 1. The predicted molar refractivity (Wildman–Crippen MR) is 67.3 cm³/mol. The van der Waals surface area contributed by atoms with Crippen LogP contribution in [0, 0.1) is 5.92 Å². The van der Waals surface area contributed by atoms with Crippen molar-refractivity contribution in [2.24, 2.45) is 11.7 Å². The lowest BCUT2D eigenvalue weighted by atomic mass is 10.0. The fourth-order valence-electron chi connectivity index (χ4n) is 1.81. The number of hydrogen-bond donors (Lipinski definition) is 2. The van der Waals surface area contributed by atoms with Gasteiger partial charge in [0.15, 0.2) is 0 Å². The van der Waals surface area contributed by atoms with Gasteiger partial charge in [-0.1, -0.05) is 13.8 Å². The minimum absolute atomic E-state index is 0.183. The number of imidazole rings is 1. The van der Waals surface area contributed by atoms with Gasteiger partial charge < -0.3 is 10.3 Å². The largest absolute Gasteiger partial charge is 0.368 e. The van der Waals surface area contributed by atoms with Crippen molar-refractivity contribution in [3.63, 3.8) is 0 Å². The van der Waals surface area contributed by atoms with Crippen molar-refractivity contribution in [2.45, 2.75) is 46.3 Å². The maximum atomic E-state index is 11.3. The molecule has 0 saturated carbocycles. The third-order valence-corrected chi connectivity index (χ3v) is 2.78. The first-order valence-corrected chi connectivity index (χ1v) is 5.97. The van der Waals surface area contributed by atoms with Crippen LogP contribution < -0.4 is 11.1 Å². The molecule has 0 aromatic carbocycles. The van der Waals surface area contributed by atoms with Crippen molar-refractivity contribution in [3.05, 3.63) is 18.2 Å². The van der Waals surface area contributed by atoms with Crippen LogP contribution in [0.25, 0.3) is 0 Å². The number of aromatic nitrogens is 2. The van der Waals surface area contributed by atoms with Gasteiger partial charge in [-0.15, -0.1) is 0 Å². The summed E-state index contributed by atoms with van der Waals surface area (Å²) in [5.41, 5.74) is 6.41. The quantitative estimate of drug-likeness (QED) is 0.778. The zero-order chi connectivity index (χ0) is 13.0. The Balaban J connectivity index is 2.66. The van der Waals surface area contributed by atoms with Gasteiger partial charge in [-0.25, -0.2) is 4.98 Å². The predicted octanol–water partition coefficient (Wildman–Crippen LogP) is 1.06. The maximum absolute atomic E-state index is 11.3. The van der Waals surface area contributed by atoms with Crippen molar-refractivity contribution in [3.8, 4) is 0 Å². The molecule has 0 bridgehead atoms. The molecule has 0 spiro atoms. The van der Waals surface area contributed by atoms with Crippen LogP contribution in [0.1, 0.15) is 39.4 Å². The van der Waals surface area contributed by atoms with E-state index >= 15 is 0 Å². The van der Waals surface area contributed by atoms with E-state index in [-0.39, 0.29) is 17.9 Å². The molecule has 0 fully saturated rings. The molecule has 0 aliphatic carbocycles.